The topological polar surface area (TPSA) is 34.1 Å². The number of aromatic nitrogens is 1. The standard InChI is InChI=1S/C17H15ClF4N2O/c18-12-1-2-15(14(6-12)17(20,21)22)25-16(10-3-4-23-7-10)11-5-13(19)9-24-8-11/h1-2,5-6,8-10,16,23H,3-4,7H2/t10-,16+/m0/s1. The Morgan fingerprint density at radius 3 is 2.68 bits per heavy atom. The zero-order chi connectivity index (χ0) is 18.0. The van der Waals surface area contributed by atoms with Gasteiger partial charge in [-0.3, -0.25) is 4.98 Å². The molecule has 0 amide bonds. The van der Waals surface area contributed by atoms with Gasteiger partial charge in [0.1, 0.15) is 17.7 Å². The van der Waals surface area contributed by atoms with Crippen LogP contribution in [0.4, 0.5) is 17.6 Å². The monoisotopic (exact) mass is 374 g/mol. The Hall–Kier alpha value is -1.86. The van der Waals surface area contributed by atoms with Crippen LogP contribution in [0.3, 0.4) is 0 Å². The summed E-state index contributed by atoms with van der Waals surface area (Å²) in [6.07, 6.45) is -2.21. The van der Waals surface area contributed by atoms with Crippen molar-refractivity contribution in [2.45, 2.75) is 18.7 Å². The molecule has 2 aromatic rings. The number of ether oxygens (including phenoxy) is 1. The van der Waals surface area contributed by atoms with Crippen LogP contribution in [0, 0.1) is 11.7 Å². The lowest BCUT2D eigenvalue weighted by atomic mass is 9.95. The van der Waals surface area contributed by atoms with Gasteiger partial charge in [0.2, 0.25) is 0 Å². The van der Waals surface area contributed by atoms with Crippen molar-refractivity contribution in [1.82, 2.24) is 10.3 Å². The molecular formula is C17H15ClF4N2O. The number of rotatable bonds is 4. The average Bonchev–Trinajstić information content (AvgIpc) is 3.07. The summed E-state index contributed by atoms with van der Waals surface area (Å²) in [6, 6.07) is 4.58. The maximum absolute atomic E-state index is 13.5. The van der Waals surface area contributed by atoms with Gasteiger partial charge < -0.3 is 10.1 Å². The summed E-state index contributed by atoms with van der Waals surface area (Å²) in [6.45, 7) is 1.29. The number of nitrogens with one attached hydrogen (secondary N) is 1. The van der Waals surface area contributed by atoms with E-state index < -0.39 is 23.7 Å². The van der Waals surface area contributed by atoms with Crippen LogP contribution in [0.1, 0.15) is 23.7 Å². The Morgan fingerprint density at radius 1 is 1.24 bits per heavy atom. The molecule has 0 unspecified atom stereocenters. The summed E-state index contributed by atoms with van der Waals surface area (Å²) in [7, 11) is 0. The predicted octanol–water partition coefficient (Wildman–Crippen LogP) is 4.62. The molecule has 134 valence electrons. The minimum Gasteiger partial charge on any atom is -0.485 e. The second-order valence-electron chi connectivity index (χ2n) is 5.87. The molecule has 1 aromatic heterocycles. The lowest BCUT2D eigenvalue weighted by Gasteiger charge is -2.26. The first-order valence-corrected chi connectivity index (χ1v) is 8.07. The van der Waals surface area contributed by atoms with Gasteiger partial charge in [-0.1, -0.05) is 11.6 Å². The molecule has 2 heterocycles. The van der Waals surface area contributed by atoms with E-state index >= 15 is 0 Å². The smallest absolute Gasteiger partial charge is 0.420 e. The number of benzene rings is 1. The van der Waals surface area contributed by atoms with Crippen molar-refractivity contribution in [1.29, 1.82) is 0 Å². The molecule has 1 fully saturated rings. The molecule has 1 N–H and O–H groups in total. The highest BCUT2D eigenvalue weighted by molar-refractivity contribution is 6.30. The first-order chi connectivity index (χ1) is 11.8. The lowest BCUT2D eigenvalue weighted by molar-refractivity contribution is -0.139. The van der Waals surface area contributed by atoms with E-state index in [0.717, 1.165) is 18.8 Å². The van der Waals surface area contributed by atoms with Crippen molar-refractivity contribution in [3.05, 3.63) is 58.6 Å². The zero-order valence-corrected chi connectivity index (χ0v) is 13.7. The molecule has 2 atom stereocenters. The SMILES string of the molecule is Fc1cncc([C@H](Oc2ccc(Cl)cc2C(F)(F)F)[C@H]2CCNC2)c1. The van der Waals surface area contributed by atoms with Gasteiger partial charge in [-0.2, -0.15) is 13.2 Å². The molecule has 0 radical (unpaired) electrons. The number of pyridine rings is 1. The highest BCUT2D eigenvalue weighted by Gasteiger charge is 2.37. The highest BCUT2D eigenvalue weighted by atomic mass is 35.5. The molecule has 1 aliphatic rings. The number of hydrogen-bond acceptors (Lipinski definition) is 3. The molecule has 0 aliphatic carbocycles. The molecule has 3 rings (SSSR count). The second-order valence-corrected chi connectivity index (χ2v) is 6.30. The Bertz CT molecular complexity index is 748. The van der Waals surface area contributed by atoms with Crippen molar-refractivity contribution in [3.63, 3.8) is 0 Å². The molecule has 1 aromatic carbocycles. The van der Waals surface area contributed by atoms with E-state index in [9.17, 15) is 17.6 Å². The number of alkyl halides is 3. The first kappa shape index (κ1) is 17.9. The Balaban J connectivity index is 1.99. The third kappa shape index (κ3) is 4.22. The number of halogens is 5. The van der Waals surface area contributed by atoms with Crippen LogP contribution >= 0.6 is 11.6 Å². The molecule has 0 bridgehead atoms. The number of hydrogen-bond donors (Lipinski definition) is 1. The van der Waals surface area contributed by atoms with Gasteiger partial charge in [-0.15, -0.1) is 0 Å². The maximum atomic E-state index is 13.5. The van der Waals surface area contributed by atoms with Gasteiger partial charge in [-0.05, 0) is 37.2 Å². The quantitative estimate of drug-likeness (QED) is 0.793. The van der Waals surface area contributed by atoms with E-state index in [1.807, 2.05) is 0 Å². The van der Waals surface area contributed by atoms with Crippen LogP contribution < -0.4 is 10.1 Å². The summed E-state index contributed by atoms with van der Waals surface area (Å²) in [5.41, 5.74) is -0.558. The van der Waals surface area contributed by atoms with Gasteiger partial charge in [0.25, 0.3) is 0 Å². The van der Waals surface area contributed by atoms with E-state index in [1.165, 1.54) is 24.4 Å². The van der Waals surface area contributed by atoms with E-state index in [-0.39, 0.29) is 16.7 Å². The molecule has 3 nitrogen and oxygen atoms in total. The van der Waals surface area contributed by atoms with Crippen molar-refractivity contribution >= 4 is 11.6 Å². The molecule has 0 spiro atoms. The van der Waals surface area contributed by atoms with Gasteiger partial charge >= 0.3 is 6.18 Å². The van der Waals surface area contributed by atoms with Gasteiger partial charge in [0, 0.05) is 29.2 Å². The van der Waals surface area contributed by atoms with Crippen LogP contribution in [-0.2, 0) is 6.18 Å². The third-order valence-electron chi connectivity index (χ3n) is 4.08. The molecule has 25 heavy (non-hydrogen) atoms. The lowest BCUT2D eigenvalue weighted by Crippen LogP contribution is -2.23. The van der Waals surface area contributed by atoms with Crippen molar-refractivity contribution in [3.8, 4) is 5.75 Å². The largest absolute Gasteiger partial charge is 0.485 e. The summed E-state index contributed by atoms with van der Waals surface area (Å²) >= 11 is 5.70. The van der Waals surface area contributed by atoms with Crippen LogP contribution in [0.15, 0.2) is 36.7 Å². The van der Waals surface area contributed by atoms with E-state index in [0.29, 0.717) is 18.5 Å². The maximum Gasteiger partial charge on any atom is 0.420 e. The second kappa shape index (κ2) is 7.17. The normalized spacial score (nSPS) is 19.0. The van der Waals surface area contributed by atoms with Crippen molar-refractivity contribution in [2.75, 3.05) is 13.1 Å². The molecular weight excluding hydrogens is 360 g/mol. The van der Waals surface area contributed by atoms with Crippen LogP contribution in [0.2, 0.25) is 5.02 Å². The fourth-order valence-electron chi connectivity index (χ4n) is 2.92. The summed E-state index contributed by atoms with van der Waals surface area (Å²) in [5.74, 6) is -0.998. The van der Waals surface area contributed by atoms with Gasteiger partial charge in [0.15, 0.2) is 0 Å². The summed E-state index contributed by atoms with van der Waals surface area (Å²) in [4.78, 5) is 3.78. The van der Waals surface area contributed by atoms with Crippen LogP contribution in [0.25, 0.3) is 0 Å². The number of nitrogens with zero attached hydrogens (tertiary/aromatic N) is 1. The van der Waals surface area contributed by atoms with Crippen LogP contribution in [-0.4, -0.2) is 18.1 Å². The fourth-order valence-corrected chi connectivity index (χ4v) is 3.09. The van der Waals surface area contributed by atoms with Crippen LogP contribution in [0.5, 0.6) is 5.75 Å². The third-order valence-corrected chi connectivity index (χ3v) is 4.32. The highest BCUT2D eigenvalue weighted by Crippen LogP contribution is 2.41. The Morgan fingerprint density at radius 2 is 2.04 bits per heavy atom. The molecule has 8 heteroatoms. The molecule has 1 saturated heterocycles. The van der Waals surface area contributed by atoms with Crippen molar-refractivity contribution in [2.24, 2.45) is 5.92 Å². The minimum atomic E-state index is -4.61. The van der Waals surface area contributed by atoms with E-state index in [2.05, 4.69) is 10.3 Å². The van der Waals surface area contributed by atoms with E-state index in [1.54, 1.807) is 0 Å². The van der Waals surface area contributed by atoms with Gasteiger partial charge in [0.05, 0.1) is 11.8 Å². The van der Waals surface area contributed by atoms with Crippen molar-refractivity contribution < 1.29 is 22.3 Å². The van der Waals surface area contributed by atoms with Gasteiger partial charge in [-0.25, -0.2) is 4.39 Å². The Kier molecular flexibility index (Phi) is 5.15. The Labute approximate surface area is 147 Å². The zero-order valence-electron chi connectivity index (χ0n) is 13.0. The first-order valence-electron chi connectivity index (χ1n) is 7.69. The summed E-state index contributed by atoms with van der Waals surface area (Å²) < 4.78 is 59.2. The molecule has 1 aliphatic heterocycles. The average molecular weight is 375 g/mol. The molecule has 0 saturated carbocycles. The van der Waals surface area contributed by atoms with E-state index in [4.69, 9.17) is 16.3 Å². The fraction of sp³-hybridized carbons (Fsp3) is 0.353. The summed E-state index contributed by atoms with van der Waals surface area (Å²) in [5, 5.41) is 3.10. The predicted molar refractivity (Wildman–Crippen MR) is 85.0 cm³/mol. The minimum absolute atomic E-state index is 0.0359.